The molecule has 2 amide bonds. The number of aromatic nitrogens is 1. The third-order valence-electron chi connectivity index (χ3n) is 2.53. The molecule has 0 saturated heterocycles. The van der Waals surface area contributed by atoms with Gasteiger partial charge < -0.3 is 15.7 Å². The first kappa shape index (κ1) is 13.9. The highest BCUT2D eigenvalue weighted by molar-refractivity contribution is 9.10. The summed E-state index contributed by atoms with van der Waals surface area (Å²) in [4.78, 5) is 15.7. The number of pyridine rings is 1. The molecule has 1 rings (SSSR count). The fourth-order valence-corrected chi connectivity index (χ4v) is 1.36. The average molecular weight is 302 g/mol. The molecule has 0 saturated carbocycles. The van der Waals surface area contributed by atoms with E-state index >= 15 is 0 Å². The maximum Gasteiger partial charge on any atom is 0.319 e. The first-order chi connectivity index (χ1) is 7.99. The van der Waals surface area contributed by atoms with Crippen molar-refractivity contribution >= 4 is 27.6 Å². The van der Waals surface area contributed by atoms with Gasteiger partial charge in [-0.3, -0.25) is 0 Å². The van der Waals surface area contributed by atoms with Crippen LogP contribution in [0.1, 0.15) is 20.3 Å². The van der Waals surface area contributed by atoms with E-state index in [0.717, 1.165) is 0 Å². The lowest BCUT2D eigenvalue weighted by Crippen LogP contribution is -2.50. The van der Waals surface area contributed by atoms with Gasteiger partial charge in [-0.25, -0.2) is 9.78 Å². The molecule has 0 aromatic carbocycles. The molecule has 1 atom stereocenters. The summed E-state index contributed by atoms with van der Waals surface area (Å²) in [7, 11) is 0. The van der Waals surface area contributed by atoms with Crippen molar-refractivity contribution in [2.75, 3.05) is 11.9 Å². The van der Waals surface area contributed by atoms with Crippen molar-refractivity contribution < 1.29 is 9.90 Å². The molecular formula is C11H16BrN3O2. The van der Waals surface area contributed by atoms with Crippen LogP contribution >= 0.6 is 15.9 Å². The van der Waals surface area contributed by atoms with Crippen molar-refractivity contribution in [1.29, 1.82) is 0 Å². The number of aliphatic hydroxyl groups excluding tert-OH is 1. The van der Waals surface area contributed by atoms with Crippen LogP contribution in [-0.4, -0.2) is 28.3 Å². The largest absolute Gasteiger partial charge is 0.394 e. The van der Waals surface area contributed by atoms with E-state index in [2.05, 4.69) is 31.5 Å². The van der Waals surface area contributed by atoms with E-state index < -0.39 is 5.54 Å². The smallest absolute Gasteiger partial charge is 0.319 e. The molecule has 0 spiro atoms. The Hall–Kier alpha value is -1.14. The molecule has 0 aliphatic carbocycles. The van der Waals surface area contributed by atoms with E-state index in [1.807, 2.05) is 6.92 Å². The molecule has 1 unspecified atom stereocenters. The maximum atomic E-state index is 11.7. The lowest BCUT2D eigenvalue weighted by molar-refractivity contribution is 0.172. The highest BCUT2D eigenvalue weighted by Crippen LogP contribution is 2.11. The molecule has 0 aliphatic rings. The van der Waals surface area contributed by atoms with E-state index in [4.69, 9.17) is 0 Å². The fourth-order valence-electron chi connectivity index (χ4n) is 1.13. The van der Waals surface area contributed by atoms with Crippen LogP contribution in [-0.2, 0) is 0 Å². The number of aliphatic hydroxyl groups is 1. The Morgan fingerprint density at radius 1 is 1.59 bits per heavy atom. The van der Waals surface area contributed by atoms with Crippen LogP contribution in [0.5, 0.6) is 0 Å². The summed E-state index contributed by atoms with van der Waals surface area (Å²) < 4.78 is 0.706. The summed E-state index contributed by atoms with van der Waals surface area (Å²) in [6.07, 6.45) is 2.20. The molecule has 1 aromatic rings. The van der Waals surface area contributed by atoms with Gasteiger partial charge in [-0.05, 0) is 41.4 Å². The fraction of sp³-hybridized carbons (Fsp3) is 0.455. The topological polar surface area (TPSA) is 74.2 Å². The van der Waals surface area contributed by atoms with Gasteiger partial charge in [-0.2, -0.15) is 0 Å². The first-order valence-corrected chi connectivity index (χ1v) is 6.10. The Labute approximate surface area is 109 Å². The molecule has 0 radical (unpaired) electrons. The Bertz CT molecular complexity index is 377. The monoisotopic (exact) mass is 301 g/mol. The van der Waals surface area contributed by atoms with Gasteiger partial charge in [0.05, 0.1) is 24.0 Å². The van der Waals surface area contributed by atoms with E-state index in [-0.39, 0.29) is 12.6 Å². The minimum absolute atomic E-state index is 0.102. The number of urea groups is 1. The summed E-state index contributed by atoms with van der Waals surface area (Å²) in [5.41, 5.74) is -0.00513. The zero-order valence-electron chi connectivity index (χ0n) is 9.83. The summed E-state index contributed by atoms with van der Waals surface area (Å²) >= 11 is 3.21. The highest BCUT2D eigenvalue weighted by Gasteiger charge is 2.23. The lowest BCUT2D eigenvalue weighted by Gasteiger charge is -2.27. The number of amides is 2. The standard InChI is InChI=1S/C11H16BrN3O2/c1-3-11(2,7-16)15-10(17)14-8-4-5-9(12)13-6-8/h4-6,16H,3,7H2,1-2H3,(H2,14,15,17). The first-order valence-electron chi connectivity index (χ1n) is 5.30. The SMILES string of the molecule is CCC(C)(CO)NC(=O)Nc1ccc(Br)nc1. The minimum Gasteiger partial charge on any atom is -0.394 e. The molecule has 1 heterocycles. The predicted molar refractivity (Wildman–Crippen MR) is 69.9 cm³/mol. The maximum absolute atomic E-state index is 11.7. The number of nitrogens with one attached hydrogen (secondary N) is 2. The molecule has 17 heavy (non-hydrogen) atoms. The zero-order chi connectivity index (χ0) is 12.9. The van der Waals surface area contributed by atoms with Crippen LogP contribution in [0.25, 0.3) is 0 Å². The van der Waals surface area contributed by atoms with Gasteiger partial charge in [0, 0.05) is 0 Å². The summed E-state index contributed by atoms with van der Waals surface area (Å²) in [6, 6.07) is 3.12. The zero-order valence-corrected chi connectivity index (χ0v) is 11.4. The molecule has 0 fully saturated rings. The molecule has 3 N–H and O–H groups in total. The molecule has 0 aliphatic heterocycles. The Morgan fingerprint density at radius 3 is 2.76 bits per heavy atom. The van der Waals surface area contributed by atoms with Gasteiger partial charge in [-0.15, -0.1) is 0 Å². The third kappa shape index (κ3) is 4.32. The molecule has 5 nitrogen and oxygen atoms in total. The second-order valence-electron chi connectivity index (χ2n) is 4.02. The Morgan fingerprint density at radius 2 is 2.29 bits per heavy atom. The number of halogens is 1. The van der Waals surface area contributed by atoms with E-state index in [1.165, 1.54) is 0 Å². The van der Waals surface area contributed by atoms with E-state index in [0.29, 0.717) is 16.7 Å². The summed E-state index contributed by atoms with van der Waals surface area (Å²) in [5, 5.41) is 14.5. The van der Waals surface area contributed by atoms with Gasteiger partial charge in [0.25, 0.3) is 0 Å². The van der Waals surface area contributed by atoms with Crippen LogP contribution in [0.15, 0.2) is 22.9 Å². The number of carbonyl (C=O) groups excluding carboxylic acids is 1. The second-order valence-corrected chi connectivity index (χ2v) is 4.83. The number of carbonyl (C=O) groups is 1. The summed E-state index contributed by atoms with van der Waals surface area (Å²) in [6.45, 7) is 3.58. The van der Waals surface area contributed by atoms with Gasteiger partial charge in [0.2, 0.25) is 0 Å². The van der Waals surface area contributed by atoms with Gasteiger partial charge in [-0.1, -0.05) is 6.92 Å². The number of rotatable bonds is 4. The van der Waals surface area contributed by atoms with E-state index in [9.17, 15) is 9.90 Å². The van der Waals surface area contributed by atoms with Gasteiger partial charge >= 0.3 is 6.03 Å². The number of anilines is 1. The van der Waals surface area contributed by atoms with Gasteiger partial charge in [0.15, 0.2) is 0 Å². The molecule has 6 heteroatoms. The lowest BCUT2D eigenvalue weighted by atomic mass is 10.0. The van der Waals surface area contributed by atoms with Crippen LogP contribution in [0.3, 0.4) is 0 Å². The van der Waals surface area contributed by atoms with Crippen LogP contribution in [0, 0.1) is 0 Å². The molecular weight excluding hydrogens is 286 g/mol. The summed E-state index contributed by atoms with van der Waals surface area (Å²) in [5.74, 6) is 0. The molecule has 1 aromatic heterocycles. The van der Waals surface area contributed by atoms with Crippen LogP contribution < -0.4 is 10.6 Å². The average Bonchev–Trinajstić information content (AvgIpc) is 2.32. The van der Waals surface area contributed by atoms with Crippen molar-refractivity contribution in [3.63, 3.8) is 0 Å². The van der Waals surface area contributed by atoms with Crippen molar-refractivity contribution in [2.24, 2.45) is 0 Å². The number of nitrogens with zero attached hydrogens (tertiary/aromatic N) is 1. The van der Waals surface area contributed by atoms with Crippen molar-refractivity contribution in [2.45, 2.75) is 25.8 Å². The highest BCUT2D eigenvalue weighted by atomic mass is 79.9. The van der Waals surface area contributed by atoms with Crippen LogP contribution in [0.4, 0.5) is 10.5 Å². The van der Waals surface area contributed by atoms with Crippen molar-refractivity contribution in [3.8, 4) is 0 Å². The minimum atomic E-state index is -0.604. The van der Waals surface area contributed by atoms with Crippen molar-refractivity contribution in [3.05, 3.63) is 22.9 Å². The Balaban J connectivity index is 2.58. The number of hydrogen-bond donors (Lipinski definition) is 3. The molecule has 0 bridgehead atoms. The second kappa shape index (κ2) is 5.97. The molecule has 94 valence electrons. The van der Waals surface area contributed by atoms with Gasteiger partial charge in [0.1, 0.15) is 4.60 Å². The quantitative estimate of drug-likeness (QED) is 0.746. The Kier molecular flexibility index (Phi) is 4.89. The van der Waals surface area contributed by atoms with E-state index in [1.54, 1.807) is 25.3 Å². The predicted octanol–water partition coefficient (Wildman–Crippen LogP) is 2.13. The van der Waals surface area contributed by atoms with Crippen molar-refractivity contribution in [1.82, 2.24) is 10.3 Å². The normalized spacial score (nSPS) is 13.9. The number of hydrogen-bond acceptors (Lipinski definition) is 3. The third-order valence-corrected chi connectivity index (χ3v) is 3.00. The van der Waals surface area contributed by atoms with Crippen LogP contribution in [0.2, 0.25) is 0 Å².